The predicted molar refractivity (Wildman–Crippen MR) is 112 cm³/mol. The molecule has 0 saturated carbocycles. The van der Waals surface area contributed by atoms with Crippen molar-refractivity contribution in [1.29, 1.82) is 5.26 Å². The number of rotatable bonds is 5. The van der Waals surface area contributed by atoms with Crippen LogP contribution in [0.15, 0.2) is 53.4 Å². The van der Waals surface area contributed by atoms with Crippen molar-refractivity contribution in [1.82, 2.24) is 14.9 Å². The Morgan fingerprint density at radius 3 is 2.77 bits per heavy atom. The predicted octanol–water partition coefficient (Wildman–Crippen LogP) is 1.69. The fourth-order valence-electron chi connectivity index (χ4n) is 4.06. The van der Waals surface area contributed by atoms with Crippen LogP contribution in [0.5, 0.6) is 0 Å². The average molecular weight is 425 g/mol. The van der Waals surface area contributed by atoms with E-state index in [0.29, 0.717) is 19.5 Å². The van der Waals surface area contributed by atoms with E-state index < -0.39 is 10.0 Å². The molecular weight excluding hydrogens is 400 g/mol. The highest BCUT2D eigenvalue weighted by molar-refractivity contribution is 7.89. The summed E-state index contributed by atoms with van der Waals surface area (Å²) in [4.78, 5) is 14.7. The summed E-state index contributed by atoms with van der Waals surface area (Å²) in [6.07, 6.45) is 2.06. The molecule has 1 amide bonds. The number of nitriles is 1. The third-order valence-electron chi connectivity index (χ3n) is 5.74. The topological polar surface area (TPSA) is 102 Å². The molecule has 8 heteroatoms. The Morgan fingerprint density at radius 1 is 1.20 bits per heavy atom. The Kier molecular flexibility index (Phi) is 5.86. The molecule has 156 valence electrons. The van der Waals surface area contributed by atoms with Gasteiger partial charge in [0, 0.05) is 19.6 Å². The first-order chi connectivity index (χ1) is 14.5. The van der Waals surface area contributed by atoms with Gasteiger partial charge in [0.25, 0.3) is 0 Å². The molecule has 2 aromatic carbocycles. The SMILES string of the molecule is N#C[C@@H]1CCCN1C(=O)[C@@H]1Cc2ccc(S(=O)(=O)NCc3ccccc3)cc2CN1. The molecule has 2 heterocycles. The molecule has 2 N–H and O–H groups in total. The molecule has 2 atom stereocenters. The van der Waals surface area contributed by atoms with Gasteiger partial charge >= 0.3 is 0 Å². The first kappa shape index (κ1) is 20.5. The zero-order chi connectivity index (χ0) is 21.1. The number of likely N-dealkylation sites (tertiary alicyclic amines) is 1. The van der Waals surface area contributed by atoms with Gasteiger partial charge < -0.3 is 10.2 Å². The molecule has 4 rings (SSSR count). The molecule has 0 radical (unpaired) electrons. The van der Waals surface area contributed by atoms with Crippen LogP contribution in [-0.2, 0) is 34.3 Å². The molecule has 0 aliphatic carbocycles. The van der Waals surface area contributed by atoms with Crippen molar-refractivity contribution in [3.8, 4) is 6.07 Å². The zero-order valence-electron chi connectivity index (χ0n) is 16.5. The molecule has 0 unspecified atom stereocenters. The molecule has 0 spiro atoms. The van der Waals surface area contributed by atoms with Gasteiger partial charge in [-0.05, 0) is 48.1 Å². The summed E-state index contributed by atoms with van der Waals surface area (Å²) in [7, 11) is -3.63. The van der Waals surface area contributed by atoms with E-state index in [-0.39, 0.29) is 29.4 Å². The number of amides is 1. The second-order valence-electron chi connectivity index (χ2n) is 7.70. The van der Waals surface area contributed by atoms with Crippen molar-refractivity contribution in [2.75, 3.05) is 6.54 Å². The Bertz CT molecular complexity index is 1080. The molecule has 2 aromatic rings. The van der Waals surface area contributed by atoms with Crippen molar-refractivity contribution < 1.29 is 13.2 Å². The van der Waals surface area contributed by atoms with Gasteiger partial charge in [-0.25, -0.2) is 13.1 Å². The Morgan fingerprint density at radius 2 is 2.00 bits per heavy atom. The van der Waals surface area contributed by atoms with E-state index in [0.717, 1.165) is 29.5 Å². The maximum absolute atomic E-state index is 12.8. The monoisotopic (exact) mass is 424 g/mol. The Hall–Kier alpha value is -2.73. The average Bonchev–Trinajstić information content (AvgIpc) is 3.26. The van der Waals surface area contributed by atoms with E-state index in [1.807, 2.05) is 30.3 Å². The molecule has 0 aromatic heterocycles. The summed E-state index contributed by atoms with van der Waals surface area (Å²) in [5.74, 6) is -0.0501. The minimum absolute atomic E-state index is 0.0501. The summed E-state index contributed by atoms with van der Waals surface area (Å²) in [6.45, 7) is 1.26. The van der Waals surface area contributed by atoms with Gasteiger partial charge in [-0.15, -0.1) is 0 Å². The van der Waals surface area contributed by atoms with Crippen LogP contribution in [0.2, 0.25) is 0 Å². The van der Waals surface area contributed by atoms with Gasteiger partial charge in [-0.2, -0.15) is 5.26 Å². The van der Waals surface area contributed by atoms with Crippen LogP contribution in [0.25, 0.3) is 0 Å². The van der Waals surface area contributed by atoms with Crippen molar-refractivity contribution in [2.45, 2.75) is 49.3 Å². The smallest absolute Gasteiger partial charge is 0.241 e. The summed E-state index contributed by atoms with van der Waals surface area (Å²) < 4.78 is 28.0. The molecule has 1 saturated heterocycles. The van der Waals surface area contributed by atoms with Crippen LogP contribution in [0.4, 0.5) is 0 Å². The van der Waals surface area contributed by atoms with Crippen molar-refractivity contribution in [2.24, 2.45) is 0 Å². The molecule has 2 aliphatic rings. The first-order valence-electron chi connectivity index (χ1n) is 10.1. The highest BCUT2D eigenvalue weighted by atomic mass is 32.2. The van der Waals surface area contributed by atoms with E-state index in [9.17, 15) is 18.5 Å². The minimum atomic E-state index is -3.63. The lowest BCUT2D eigenvalue weighted by molar-refractivity contribution is -0.133. The first-order valence-corrected chi connectivity index (χ1v) is 11.5. The van der Waals surface area contributed by atoms with Gasteiger partial charge in [0.15, 0.2) is 0 Å². The van der Waals surface area contributed by atoms with Crippen LogP contribution < -0.4 is 10.0 Å². The standard InChI is InChI=1S/C22H24N4O3S/c23-13-19-7-4-10-26(19)22(27)21-12-17-8-9-20(11-18(17)15-24-21)30(28,29)25-14-16-5-2-1-3-6-16/h1-3,5-6,8-9,11,19,21,24-25H,4,7,10,12,14-15H2/t19-,21-/m0/s1. The van der Waals surface area contributed by atoms with E-state index in [1.54, 1.807) is 23.1 Å². The number of benzene rings is 2. The minimum Gasteiger partial charge on any atom is -0.325 e. The van der Waals surface area contributed by atoms with Gasteiger partial charge in [-0.3, -0.25) is 4.79 Å². The third kappa shape index (κ3) is 4.24. The normalized spacial score (nSPS) is 21.1. The molecule has 2 aliphatic heterocycles. The van der Waals surface area contributed by atoms with Gasteiger partial charge in [-0.1, -0.05) is 36.4 Å². The van der Waals surface area contributed by atoms with Crippen LogP contribution in [-0.4, -0.2) is 37.9 Å². The number of hydrogen-bond acceptors (Lipinski definition) is 5. The van der Waals surface area contributed by atoms with E-state index in [2.05, 4.69) is 16.1 Å². The Labute approximate surface area is 176 Å². The van der Waals surface area contributed by atoms with E-state index in [1.165, 1.54) is 0 Å². The lowest BCUT2D eigenvalue weighted by atomic mass is 9.95. The zero-order valence-corrected chi connectivity index (χ0v) is 17.4. The molecule has 7 nitrogen and oxygen atoms in total. The van der Waals surface area contributed by atoms with Gasteiger partial charge in [0.2, 0.25) is 15.9 Å². The van der Waals surface area contributed by atoms with Crippen LogP contribution in [0.3, 0.4) is 0 Å². The summed E-state index contributed by atoms with van der Waals surface area (Å²) >= 11 is 0. The largest absolute Gasteiger partial charge is 0.325 e. The number of nitrogens with zero attached hydrogens (tertiary/aromatic N) is 2. The fourth-order valence-corrected chi connectivity index (χ4v) is 5.12. The second-order valence-corrected chi connectivity index (χ2v) is 9.46. The number of hydrogen-bond donors (Lipinski definition) is 2. The molecule has 30 heavy (non-hydrogen) atoms. The van der Waals surface area contributed by atoms with E-state index in [4.69, 9.17) is 0 Å². The number of carbonyl (C=O) groups is 1. The van der Waals surface area contributed by atoms with Gasteiger partial charge in [0.05, 0.1) is 17.0 Å². The summed E-state index contributed by atoms with van der Waals surface area (Å²) in [5, 5.41) is 12.5. The number of carbonyl (C=O) groups excluding carboxylic acids is 1. The highest BCUT2D eigenvalue weighted by Gasteiger charge is 2.34. The quantitative estimate of drug-likeness (QED) is 0.761. The summed E-state index contributed by atoms with van der Waals surface area (Å²) in [5.41, 5.74) is 2.72. The number of fused-ring (bicyclic) bond motifs is 1. The lowest BCUT2D eigenvalue weighted by Gasteiger charge is -2.30. The molecule has 0 bridgehead atoms. The third-order valence-corrected chi connectivity index (χ3v) is 7.14. The van der Waals surface area contributed by atoms with Crippen LogP contribution in [0.1, 0.15) is 29.5 Å². The maximum Gasteiger partial charge on any atom is 0.241 e. The van der Waals surface area contributed by atoms with Crippen LogP contribution in [0, 0.1) is 11.3 Å². The fraction of sp³-hybridized carbons (Fsp3) is 0.364. The highest BCUT2D eigenvalue weighted by Crippen LogP contribution is 2.24. The van der Waals surface area contributed by atoms with Crippen molar-refractivity contribution >= 4 is 15.9 Å². The maximum atomic E-state index is 12.8. The van der Waals surface area contributed by atoms with Gasteiger partial charge in [0.1, 0.15) is 6.04 Å². The lowest BCUT2D eigenvalue weighted by Crippen LogP contribution is -2.50. The molecule has 1 fully saturated rings. The van der Waals surface area contributed by atoms with Crippen molar-refractivity contribution in [3.05, 3.63) is 65.2 Å². The Balaban J connectivity index is 1.45. The van der Waals surface area contributed by atoms with E-state index >= 15 is 0 Å². The number of sulfonamides is 1. The molecular formula is C22H24N4O3S. The van der Waals surface area contributed by atoms with Crippen LogP contribution >= 0.6 is 0 Å². The summed E-state index contributed by atoms with van der Waals surface area (Å²) in [6, 6.07) is 15.9. The van der Waals surface area contributed by atoms with Crippen molar-refractivity contribution in [3.63, 3.8) is 0 Å². The number of nitrogens with one attached hydrogen (secondary N) is 2. The second kappa shape index (κ2) is 8.56.